The van der Waals surface area contributed by atoms with Crippen LogP contribution in [0.2, 0.25) is 0 Å². The summed E-state index contributed by atoms with van der Waals surface area (Å²) in [5.41, 5.74) is 0.710. The number of nitro benzene ring substituents is 1. The number of thiazole rings is 1. The Balaban J connectivity index is 1.77. The summed E-state index contributed by atoms with van der Waals surface area (Å²) in [6, 6.07) is 7.85. The first kappa shape index (κ1) is 21.7. The number of rotatable bonds is 6. The molecule has 2 aromatic heterocycles. The van der Waals surface area contributed by atoms with Crippen molar-refractivity contribution < 1.29 is 14.5 Å². The summed E-state index contributed by atoms with van der Waals surface area (Å²) < 4.78 is 0.668. The first-order valence-electron chi connectivity index (χ1n) is 9.05. The van der Waals surface area contributed by atoms with Crippen molar-refractivity contribution in [2.24, 2.45) is 0 Å². The van der Waals surface area contributed by atoms with E-state index in [9.17, 15) is 19.7 Å². The number of non-ortho nitro benzene ring substituents is 1. The highest BCUT2D eigenvalue weighted by molar-refractivity contribution is 8.01. The zero-order valence-electron chi connectivity index (χ0n) is 16.2. The molecule has 0 unspecified atom stereocenters. The molecular weight excluding hydrogens is 470 g/mol. The lowest BCUT2D eigenvalue weighted by Gasteiger charge is -2.27. The highest BCUT2D eigenvalue weighted by Crippen LogP contribution is 2.37. The van der Waals surface area contributed by atoms with Crippen LogP contribution >= 0.6 is 35.3 Å². The minimum atomic E-state index is -0.674. The van der Waals surface area contributed by atoms with E-state index in [-0.39, 0.29) is 22.9 Å². The molecule has 1 aliphatic heterocycles. The van der Waals surface area contributed by atoms with Crippen molar-refractivity contribution in [3.63, 3.8) is 0 Å². The summed E-state index contributed by atoms with van der Waals surface area (Å²) in [6.07, 6.45) is 4.48. The first-order valence-corrected chi connectivity index (χ1v) is 11.1. The molecule has 0 saturated carbocycles. The fourth-order valence-corrected chi connectivity index (χ4v) is 5.16. The monoisotopic (exact) mass is 483 g/mol. The number of carbonyl (C=O) groups is 2. The molecular formula is C20H13N5O4S3. The van der Waals surface area contributed by atoms with Gasteiger partial charge in [-0.15, -0.1) is 6.58 Å². The normalized spacial score (nSPS) is 15.3. The quantitative estimate of drug-likeness (QED) is 0.141. The van der Waals surface area contributed by atoms with Crippen LogP contribution in [-0.4, -0.2) is 43.3 Å². The minimum absolute atomic E-state index is 0.0207. The third kappa shape index (κ3) is 4.28. The van der Waals surface area contributed by atoms with Crippen LogP contribution in [0, 0.1) is 10.1 Å². The van der Waals surface area contributed by atoms with E-state index in [4.69, 9.17) is 12.2 Å². The van der Waals surface area contributed by atoms with Crippen molar-refractivity contribution in [3.8, 4) is 0 Å². The maximum atomic E-state index is 12.8. The Morgan fingerprint density at radius 3 is 2.88 bits per heavy atom. The zero-order valence-corrected chi connectivity index (χ0v) is 18.6. The highest BCUT2D eigenvalue weighted by Gasteiger charge is 2.33. The fourth-order valence-electron chi connectivity index (χ4n) is 2.89. The Kier molecular flexibility index (Phi) is 6.08. The second-order valence-corrected chi connectivity index (χ2v) is 9.06. The molecule has 160 valence electrons. The first-order chi connectivity index (χ1) is 15.4. The van der Waals surface area contributed by atoms with Crippen LogP contribution in [0.25, 0.3) is 16.4 Å². The lowest BCUT2D eigenvalue weighted by atomic mass is 10.1. The average Bonchev–Trinajstić information content (AvgIpc) is 3.17. The smallest absolute Gasteiger partial charge is 0.270 e. The van der Waals surface area contributed by atoms with Crippen LogP contribution in [0.5, 0.6) is 0 Å². The third-order valence-electron chi connectivity index (χ3n) is 4.35. The molecule has 9 nitrogen and oxygen atoms in total. The standard InChI is InChI=1S/C20H13N5O4S3/c1-2-8-24-18(27)13(16(26)23-19(24)30)10-11-9-12(25(28)29)5-6-15(11)31-20-22-14-4-3-7-21-17(14)32-20/h2-7,9-10H,1,8H2,(H,23,26,30). The van der Waals surface area contributed by atoms with E-state index >= 15 is 0 Å². The van der Waals surface area contributed by atoms with Crippen LogP contribution in [0.4, 0.5) is 5.69 Å². The van der Waals surface area contributed by atoms with E-state index in [0.29, 0.717) is 14.8 Å². The summed E-state index contributed by atoms with van der Waals surface area (Å²) in [7, 11) is 0. The second kappa shape index (κ2) is 8.94. The van der Waals surface area contributed by atoms with E-state index in [1.807, 2.05) is 6.07 Å². The Morgan fingerprint density at radius 2 is 2.16 bits per heavy atom. The van der Waals surface area contributed by atoms with Gasteiger partial charge in [0, 0.05) is 29.8 Å². The van der Waals surface area contributed by atoms with E-state index in [2.05, 4.69) is 21.9 Å². The number of nitrogens with one attached hydrogen (secondary N) is 1. The Hall–Kier alpha value is -3.48. The number of aromatic nitrogens is 2. The van der Waals surface area contributed by atoms with Gasteiger partial charge in [0.05, 0.1) is 4.92 Å². The lowest BCUT2D eigenvalue weighted by Crippen LogP contribution is -2.53. The van der Waals surface area contributed by atoms with Gasteiger partial charge < -0.3 is 0 Å². The second-order valence-electron chi connectivity index (χ2n) is 6.41. The van der Waals surface area contributed by atoms with Crippen molar-refractivity contribution >= 4 is 74.4 Å². The molecule has 1 saturated heterocycles. The van der Waals surface area contributed by atoms with Gasteiger partial charge in [0.15, 0.2) is 9.45 Å². The predicted molar refractivity (Wildman–Crippen MR) is 125 cm³/mol. The number of pyridine rings is 1. The molecule has 2 amide bonds. The fraction of sp³-hybridized carbons (Fsp3) is 0.0500. The topological polar surface area (TPSA) is 118 Å². The van der Waals surface area contributed by atoms with Gasteiger partial charge in [-0.25, -0.2) is 9.97 Å². The van der Waals surface area contributed by atoms with Gasteiger partial charge in [-0.3, -0.25) is 29.9 Å². The largest absolute Gasteiger partial charge is 0.298 e. The molecule has 0 radical (unpaired) electrons. The number of carbonyl (C=O) groups excluding carboxylic acids is 2. The van der Waals surface area contributed by atoms with Crippen LogP contribution in [-0.2, 0) is 9.59 Å². The Labute approximate surface area is 195 Å². The SMILES string of the molecule is C=CCN1C(=O)C(=Cc2cc([N+](=O)[O-])ccc2Sc2nc3cccnc3s2)C(=O)NC1=S. The number of fused-ring (bicyclic) bond motifs is 1. The van der Waals surface area contributed by atoms with Crippen molar-refractivity contribution in [2.75, 3.05) is 6.54 Å². The number of nitro groups is 1. The van der Waals surface area contributed by atoms with Crippen molar-refractivity contribution in [3.05, 3.63) is 70.4 Å². The molecule has 3 heterocycles. The number of hydrogen-bond donors (Lipinski definition) is 1. The van der Waals surface area contributed by atoms with E-state index in [0.717, 1.165) is 10.3 Å². The van der Waals surface area contributed by atoms with Gasteiger partial charge in [0.2, 0.25) is 0 Å². The number of hydrogen-bond acceptors (Lipinski definition) is 9. The van der Waals surface area contributed by atoms with Gasteiger partial charge in [0.1, 0.15) is 15.9 Å². The number of nitrogens with zero attached hydrogens (tertiary/aromatic N) is 4. The van der Waals surface area contributed by atoms with Crippen LogP contribution in [0.1, 0.15) is 5.56 Å². The molecule has 0 atom stereocenters. The zero-order chi connectivity index (χ0) is 22.8. The maximum Gasteiger partial charge on any atom is 0.270 e. The minimum Gasteiger partial charge on any atom is -0.298 e. The van der Waals surface area contributed by atoms with E-state index in [1.165, 1.54) is 52.3 Å². The molecule has 1 aliphatic rings. The number of benzene rings is 1. The van der Waals surface area contributed by atoms with Crippen molar-refractivity contribution in [1.82, 2.24) is 20.2 Å². The molecule has 1 aromatic carbocycles. The third-order valence-corrected chi connectivity index (χ3v) is 6.80. The molecule has 1 fully saturated rings. The van der Waals surface area contributed by atoms with Gasteiger partial charge in [-0.05, 0) is 42.1 Å². The van der Waals surface area contributed by atoms with E-state index in [1.54, 1.807) is 18.3 Å². The molecule has 0 bridgehead atoms. The van der Waals surface area contributed by atoms with Crippen LogP contribution in [0.15, 0.2) is 64.0 Å². The highest BCUT2D eigenvalue weighted by atomic mass is 32.2. The maximum absolute atomic E-state index is 12.8. The lowest BCUT2D eigenvalue weighted by molar-refractivity contribution is -0.384. The van der Waals surface area contributed by atoms with E-state index < -0.39 is 16.7 Å². The Bertz CT molecular complexity index is 1300. The summed E-state index contributed by atoms with van der Waals surface area (Å²) in [5, 5.41) is 13.8. The summed E-state index contributed by atoms with van der Waals surface area (Å²) in [4.78, 5) is 47.4. The molecule has 32 heavy (non-hydrogen) atoms. The molecule has 1 N–H and O–H groups in total. The van der Waals surface area contributed by atoms with Gasteiger partial charge in [-0.1, -0.05) is 29.2 Å². The molecule has 0 aliphatic carbocycles. The van der Waals surface area contributed by atoms with Crippen molar-refractivity contribution in [1.29, 1.82) is 0 Å². The van der Waals surface area contributed by atoms with Crippen LogP contribution in [0.3, 0.4) is 0 Å². The van der Waals surface area contributed by atoms with Gasteiger partial charge in [-0.2, -0.15) is 0 Å². The molecule has 12 heteroatoms. The summed E-state index contributed by atoms with van der Waals surface area (Å²) >= 11 is 7.69. The van der Waals surface area contributed by atoms with Gasteiger partial charge in [0.25, 0.3) is 17.5 Å². The Morgan fingerprint density at radius 1 is 1.34 bits per heavy atom. The van der Waals surface area contributed by atoms with Crippen molar-refractivity contribution in [2.45, 2.75) is 9.24 Å². The number of amides is 2. The van der Waals surface area contributed by atoms with Crippen LogP contribution < -0.4 is 5.32 Å². The molecule has 0 spiro atoms. The molecule has 4 rings (SSSR count). The predicted octanol–water partition coefficient (Wildman–Crippen LogP) is 3.56. The summed E-state index contributed by atoms with van der Waals surface area (Å²) in [5.74, 6) is -1.28. The summed E-state index contributed by atoms with van der Waals surface area (Å²) in [6.45, 7) is 3.70. The van der Waals surface area contributed by atoms with Gasteiger partial charge >= 0.3 is 0 Å². The molecule has 3 aromatic rings. The number of thiocarbonyl (C=S) groups is 1. The average molecular weight is 484 g/mol.